The number of hydrogen-bond donors (Lipinski definition) is 1. The van der Waals surface area contributed by atoms with Gasteiger partial charge in [-0.15, -0.1) is 29.1 Å². The van der Waals surface area contributed by atoms with Crippen molar-refractivity contribution in [2.45, 2.75) is 92.4 Å². The molecule has 3 aromatic heterocycles. The SMILES string of the molecule is CC(C)(C)c1cc(-c2nccc3oc4c(c23)-c2ccncc2CC4)[c-]c2ccccc12.CCC(CC)C(=O)/C=C(\O)C(CC)CC.[Ir]. The first-order valence-corrected chi connectivity index (χ1v) is 16.8. The van der Waals surface area contributed by atoms with Crippen LogP contribution in [0.1, 0.15) is 91.0 Å². The number of aliphatic hydroxyl groups is 1. The number of carbonyl (C=O) groups is 1. The largest absolute Gasteiger partial charge is 0.512 e. The zero-order valence-electron chi connectivity index (χ0n) is 28.7. The van der Waals surface area contributed by atoms with E-state index < -0.39 is 0 Å². The Balaban J connectivity index is 0.000000269. The third-order valence-corrected chi connectivity index (χ3v) is 9.39. The molecule has 2 aromatic carbocycles. The van der Waals surface area contributed by atoms with E-state index in [-0.39, 0.29) is 48.9 Å². The Hall–Kier alpha value is -3.60. The molecule has 0 saturated carbocycles. The summed E-state index contributed by atoms with van der Waals surface area (Å²) in [6, 6.07) is 18.5. The van der Waals surface area contributed by atoms with Gasteiger partial charge >= 0.3 is 0 Å². The minimum atomic E-state index is 0. The summed E-state index contributed by atoms with van der Waals surface area (Å²) in [6.45, 7) is 14.8. The fourth-order valence-corrected chi connectivity index (χ4v) is 6.64. The van der Waals surface area contributed by atoms with Crippen LogP contribution in [0.15, 0.2) is 77.3 Å². The molecule has 0 amide bonds. The van der Waals surface area contributed by atoms with E-state index >= 15 is 0 Å². The van der Waals surface area contributed by atoms with Gasteiger partial charge in [0.1, 0.15) is 11.3 Å². The van der Waals surface area contributed by atoms with Gasteiger partial charge in [-0.1, -0.05) is 77.6 Å². The van der Waals surface area contributed by atoms with Crippen molar-refractivity contribution in [1.29, 1.82) is 0 Å². The van der Waals surface area contributed by atoms with Crippen molar-refractivity contribution in [3.05, 3.63) is 95.8 Å². The number of benzene rings is 2. The molecule has 3 heterocycles. The fourth-order valence-electron chi connectivity index (χ4n) is 6.64. The number of hydrogen-bond acceptors (Lipinski definition) is 5. The van der Waals surface area contributed by atoms with Gasteiger partial charge in [-0.3, -0.25) is 14.8 Å². The third kappa shape index (κ3) is 7.60. The Bertz CT molecular complexity index is 1870. The monoisotopic (exact) mass is 808 g/mol. The second-order valence-corrected chi connectivity index (χ2v) is 13.4. The van der Waals surface area contributed by atoms with Crippen LogP contribution in [0.25, 0.3) is 44.1 Å². The molecule has 0 fully saturated rings. The Morgan fingerprint density at radius 3 is 2.36 bits per heavy atom. The zero-order chi connectivity index (χ0) is 33.0. The maximum absolute atomic E-state index is 11.7. The number of allylic oxidation sites excluding steroid dienone is 2. The number of ketones is 1. The van der Waals surface area contributed by atoms with Crippen molar-refractivity contribution in [3.8, 4) is 22.4 Å². The molecule has 6 heteroatoms. The quantitative estimate of drug-likeness (QED) is 0.0960. The number of pyridine rings is 2. The average Bonchev–Trinajstić information content (AvgIpc) is 3.45. The zero-order valence-corrected chi connectivity index (χ0v) is 31.1. The van der Waals surface area contributed by atoms with Crippen LogP contribution >= 0.6 is 0 Å². The van der Waals surface area contributed by atoms with Crippen LogP contribution < -0.4 is 0 Å². The summed E-state index contributed by atoms with van der Waals surface area (Å²) in [4.78, 5) is 20.9. The van der Waals surface area contributed by atoms with E-state index in [2.05, 4.69) is 68.2 Å². The number of carbonyl (C=O) groups excluding carboxylic acids is 1. The van der Waals surface area contributed by atoms with Gasteiger partial charge in [0.2, 0.25) is 0 Å². The van der Waals surface area contributed by atoms with Crippen molar-refractivity contribution in [2.75, 3.05) is 0 Å². The van der Waals surface area contributed by atoms with Crippen molar-refractivity contribution < 1.29 is 34.4 Å². The molecule has 47 heavy (non-hydrogen) atoms. The van der Waals surface area contributed by atoms with Gasteiger partial charge in [0.15, 0.2) is 5.78 Å². The van der Waals surface area contributed by atoms with Crippen molar-refractivity contribution in [3.63, 3.8) is 0 Å². The molecule has 1 aliphatic carbocycles. The molecule has 1 aliphatic rings. The minimum Gasteiger partial charge on any atom is -0.512 e. The van der Waals surface area contributed by atoms with Gasteiger partial charge in [0, 0.05) is 79.7 Å². The molecule has 0 bridgehead atoms. The van der Waals surface area contributed by atoms with E-state index in [0.717, 1.165) is 71.9 Å². The van der Waals surface area contributed by atoms with Crippen LogP contribution in [0.3, 0.4) is 0 Å². The maximum Gasteiger partial charge on any atom is 0.162 e. The third-order valence-electron chi connectivity index (χ3n) is 9.39. The second-order valence-electron chi connectivity index (χ2n) is 13.4. The van der Waals surface area contributed by atoms with Crippen molar-refractivity contribution in [2.24, 2.45) is 11.8 Å². The topological polar surface area (TPSA) is 76.2 Å². The Morgan fingerprint density at radius 1 is 0.979 bits per heavy atom. The Kier molecular flexibility index (Phi) is 12.0. The summed E-state index contributed by atoms with van der Waals surface area (Å²) < 4.78 is 6.32. The number of aliphatic hydroxyl groups excluding tert-OH is 1. The summed E-state index contributed by atoms with van der Waals surface area (Å²) >= 11 is 0. The van der Waals surface area contributed by atoms with Crippen LogP contribution in [0.2, 0.25) is 0 Å². The predicted molar refractivity (Wildman–Crippen MR) is 189 cm³/mol. The molecular weight excluding hydrogens is 761 g/mol. The Labute approximate surface area is 293 Å². The first-order chi connectivity index (χ1) is 22.1. The van der Waals surface area contributed by atoms with Crippen LogP contribution in [0, 0.1) is 17.9 Å². The molecule has 0 spiro atoms. The first-order valence-electron chi connectivity index (χ1n) is 16.8. The summed E-state index contributed by atoms with van der Waals surface area (Å²) in [5.74, 6) is 1.59. The summed E-state index contributed by atoms with van der Waals surface area (Å²) in [5.41, 5.74) is 7.79. The van der Waals surface area contributed by atoms with Gasteiger partial charge < -0.3 is 9.52 Å². The van der Waals surface area contributed by atoms with Crippen LogP contribution in [0.5, 0.6) is 0 Å². The Morgan fingerprint density at radius 2 is 1.68 bits per heavy atom. The molecule has 6 rings (SSSR count). The fraction of sp³-hybridized carbons (Fsp3) is 0.390. The maximum atomic E-state index is 11.7. The normalized spacial score (nSPS) is 12.8. The predicted octanol–water partition coefficient (Wildman–Crippen LogP) is 10.8. The molecule has 0 saturated heterocycles. The molecular formula is C41H47IrN2O3-. The van der Waals surface area contributed by atoms with E-state index in [4.69, 9.17) is 9.40 Å². The molecule has 0 aliphatic heterocycles. The van der Waals surface area contributed by atoms with Crippen molar-refractivity contribution in [1.82, 2.24) is 9.97 Å². The van der Waals surface area contributed by atoms with Crippen LogP contribution in [-0.2, 0) is 43.2 Å². The smallest absolute Gasteiger partial charge is 0.162 e. The van der Waals surface area contributed by atoms with E-state index in [1.54, 1.807) is 0 Å². The van der Waals surface area contributed by atoms with Gasteiger partial charge in [-0.2, -0.15) is 0 Å². The molecule has 1 N–H and O–H groups in total. The number of aromatic nitrogens is 2. The van der Waals surface area contributed by atoms with Gasteiger partial charge in [-0.25, -0.2) is 0 Å². The number of fused-ring (bicyclic) bond motifs is 6. The van der Waals surface area contributed by atoms with Gasteiger partial charge in [-0.05, 0) is 60.8 Å². The van der Waals surface area contributed by atoms with Gasteiger partial charge in [0.05, 0.1) is 5.76 Å². The number of aryl methyl sites for hydroxylation is 2. The van der Waals surface area contributed by atoms with E-state index in [1.807, 2.05) is 52.4 Å². The molecule has 5 nitrogen and oxygen atoms in total. The molecule has 0 atom stereocenters. The molecule has 1 radical (unpaired) electrons. The number of furan rings is 1. The number of nitrogens with zero attached hydrogens (tertiary/aromatic N) is 2. The van der Waals surface area contributed by atoms with Gasteiger partial charge in [0.25, 0.3) is 0 Å². The van der Waals surface area contributed by atoms with Crippen molar-refractivity contribution >= 4 is 27.5 Å². The molecule has 249 valence electrons. The first kappa shape index (κ1) is 36.2. The molecule has 5 aromatic rings. The van der Waals surface area contributed by atoms with E-state index in [1.165, 1.54) is 33.7 Å². The second kappa shape index (κ2) is 15.5. The van der Waals surface area contributed by atoms with E-state index in [0.29, 0.717) is 0 Å². The summed E-state index contributed by atoms with van der Waals surface area (Å²) in [5, 5.41) is 13.2. The molecule has 0 unspecified atom stereocenters. The average molecular weight is 808 g/mol. The summed E-state index contributed by atoms with van der Waals surface area (Å²) in [7, 11) is 0. The van der Waals surface area contributed by atoms with E-state index in [9.17, 15) is 9.90 Å². The summed E-state index contributed by atoms with van der Waals surface area (Å²) in [6.07, 6.45) is 12.4. The van der Waals surface area contributed by atoms with Crippen LogP contribution in [0.4, 0.5) is 0 Å². The minimum absolute atomic E-state index is 0. The van der Waals surface area contributed by atoms with Crippen LogP contribution in [-0.4, -0.2) is 20.9 Å². The number of rotatable bonds is 8. The standard InChI is InChI=1S/C28H23N2O.C13H24O2.Ir/c1-28(2,3)22-15-19(14-17-6-4-5-7-20(17)22)27-26-24(11-13-30-27)31-23-9-8-18-16-29-12-10-21(18)25(23)26;1-5-10(6-2)12(14)9-13(15)11(7-3)8-4;/h4-7,10-13,15-16H,8-9H2,1-3H3;9-11,14H,5-8H2,1-4H3;/q-1;;/b;12-9-;.